The number of rotatable bonds is 6. The zero-order valence-electron chi connectivity index (χ0n) is 10.5. The Balaban J connectivity index is 2.40. The average molecular weight is 300 g/mol. The summed E-state index contributed by atoms with van der Waals surface area (Å²) >= 11 is 0. The van der Waals surface area contributed by atoms with Gasteiger partial charge in [0.1, 0.15) is 0 Å². The lowest BCUT2D eigenvalue weighted by atomic mass is 9.78. The zero-order valence-corrected chi connectivity index (χ0v) is 12.3. The van der Waals surface area contributed by atoms with Gasteiger partial charge in [0.2, 0.25) is 0 Å². The summed E-state index contributed by atoms with van der Waals surface area (Å²) in [5.74, 6) is 0.421. The van der Waals surface area contributed by atoms with Crippen LogP contribution >= 0.6 is 0 Å². The second-order valence-electron chi connectivity index (χ2n) is 4.74. The van der Waals surface area contributed by atoms with Crippen LogP contribution in [0.3, 0.4) is 0 Å². The molecule has 0 radical (unpaired) electrons. The van der Waals surface area contributed by atoms with Crippen LogP contribution in [0.25, 0.3) is 0 Å². The smallest absolute Gasteiger partial charge is 0.257 e. The van der Waals surface area contributed by atoms with Gasteiger partial charge in [-0.3, -0.25) is 8.37 Å². The van der Waals surface area contributed by atoms with E-state index in [0.717, 1.165) is 25.7 Å². The van der Waals surface area contributed by atoms with Crippen LogP contribution in [-0.2, 0) is 30.3 Å². The largest absolute Gasteiger partial charge is 0.269 e. The summed E-state index contributed by atoms with van der Waals surface area (Å²) in [5, 5.41) is 0. The van der Waals surface area contributed by atoms with Gasteiger partial charge in [0, 0.05) is 0 Å². The molecule has 2 atom stereocenters. The maximum absolute atomic E-state index is 10.5. The summed E-state index contributed by atoms with van der Waals surface area (Å²) in [6, 6.07) is 0. The van der Waals surface area contributed by atoms with Crippen molar-refractivity contribution >= 4 is 22.0 Å². The van der Waals surface area contributed by atoms with Crippen molar-refractivity contribution in [1.82, 2.24) is 0 Å². The maximum Gasteiger partial charge on any atom is 0.257 e. The molecule has 0 aromatic rings. The fourth-order valence-corrected chi connectivity index (χ4v) is 3.41. The highest BCUT2D eigenvalue weighted by molar-refractivity contribution is 7.67. The summed E-state index contributed by atoms with van der Waals surface area (Å²) in [4.78, 5) is 0. The van der Waals surface area contributed by atoms with Crippen LogP contribution in [0.15, 0.2) is 0 Å². The molecule has 1 fully saturated rings. The first-order chi connectivity index (χ1) is 8.40. The second kappa shape index (κ2) is 7.42. The van der Waals surface area contributed by atoms with Gasteiger partial charge in [-0.05, 0) is 51.4 Å². The third-order valence-corrected chi connectivity index (χ3v) is 4.66. The number of hydrogen-bond acceptors (Lipinski definition) is 6. The summed E-state index contributed by atoms with van der Waals surface area (Å²) < 4.78 is 51.4. The van der Waals surface area contributed by atoms with Gasteiger partial charge in [0.05, 0.1) is 12.2 Å². The van der Waals surface area contributed by atoms with Gasteiger partial charge >= 0.3 is 0 Å². The van der Waals surface area contributed by atoms with E-state index >= 15 is 0 Å². The molecule has 1 aliphatic carbocycles. The molecule has 0 spiro atoms. The fourth-order valence-electron chi connectivity index (χ4n) is 2.53. The fraction of sp³-hybridized carbons (Fsp3) is 1.00. The highest BCUT2D eigenvalue weighted by Crippen LogP contribution is 2.34. The predicted molar refractivity (Wildman–Crippen MR) is 67.2 cm³/mol. The monoisotopic (exact) mass is 300 g/mol. The van der Waals surface area contributed by atoms with Crippen molar-refractivity contribution in [3.05, 3.63) is 0 Å². The lowest BCUT2D eigenvalue weighted by Crippen LogP contribution is -2.30. The van der Waals surface area contributed by atoms with E-state index in [1.54, 1.807) is 13.8 Å². The van der Waals surface area contributed by atoms with Gasteiger partial charge in [0.15, 0.2) is 0 Å². The standard InChI is InChI=1S/C10H20O6S2/c1-7(15-17(11)12)9-3-5-10(6-4-9)8(2)16-18(13)14/h7-10,17-18H,3-6H2,1-2H3. The summed E-state index contributed by atoms with van der Waals surface area (Å²) in [6.07, 6.45) is 2.71. The molecule has 0 aromatic heterocycles. The predicted octanol–water partition coefficient (Wildman–Crippen LogP) is 0.656. The minimum Gasteiger partial charge on any atom is -0.269 e. The van der Waals surface area contributed by atoms with Crippen molar-refractivity contribution in [1.29, 1.82) is 0 Å². The molecule has 0 aromatic carbocycles. The minimum absolute atomic E-state index is 0.211. The van der Waals surface area contributed by atoms with E-state index in [9.17, 15) is 16.8 Å². The van der Waals surface area contributed by atoms with E-state index < -0.39 is 22.0 Å². The van der Waals surface area contributed by atoms with Gasteiger partial charge < -0.3 is 0 Å². The quantitative estimate of drug-likeness (QED) is 0.701. The number of hydrogen-bond donors (Lipinski definition) is 2. The van der Waals surface area contributed by atoms with Crippen molar-refractivity contribution in [2.45, 2.75) is 51.7 Å². The van der Waals surface area contributed by atoms with Crippen LogP contribution in [0.1, 0.15) is 39.5 Å². The molecule has 6 nitrogen and oxygen atoms in total. The van der Waals surface area contributed by atoms with Crippen molar-refractivity contribution in [2.75, 3.05) is 0 Å². The molecule has 0 aliphatic heterocycles. The molecule has 0 saturated heterocycles. The van der Waals surface area contributed by atoms with E-state index in [1.165, 1.54) is 0 Å². The number of thiol groups is 2. The van der Waals surface area contributed by atoms with E-state index in [1.807, 2.05) is 0 Å². The Morgan fingerprint density at radius 3 is 1.28 bits per heavy atom. The highest BCUT2D eigenvalue weighted by atomic mass is 32.2. The first kappa shape index (κ1) is 15.9. The Morgan fingerprint density at radius 2 is 1.06 bits per heavy atom. The van der Waals surface area contributed by atoms with Crippen LogP contribution < -0.4 is 0 Å². The van der Waals surface area contributed by atoms with Gasteiger partial charge in [-0.25, -0.2) is 16.8 Å². The summed E-state index contributed by atoms with van der Waals surface area (Å²) in [5.41, 5.74) is 0. The van der Waals surface area contributed by atoms with Gasteiger partial charge in [-0.1, -0.05) is 0 Å². The second-order valence-corrected chi connectivity index (χ2v) is 6.06. The Morgan fingerprint density at radius 1 is 0.778 bits per heavy atom. The summed E-state index contributed by atoms with van der Waals surface area (Å²) in [7, 11) is -5.61. The SMILES string of the molecule is CC(O[SH](=O)=O)C1CCC(C(C)O[SH](=O)=O)CC1. The van der Waals surface area contributed by atoms with Crippen molar-refractivity contribution < 1.29 is 25.2 Å². The average Bonchev–Trinajstić information content (AvgIpc) is 2.27. The molecule has 108 valence electrons. The van der Waals surface area contributed by atoms with Gasteiger partial charge in [0.25, 0.3) is 22.0 Å². The molecule has 8 heteroatoms. The normalized spacial score (nSPS) is 28.4. The maximum atomic E-state index is 10.5. The Kier molecular flexibility index (Phi) is 6.54. The first-order valence-corrected chi connectivity index (χ1v) is 8.21. The van der Waals surface area contributed by atoms with Crippen LogP contribution in [0, 0.1) is 11.8 Å². The highest BCUT2D eigenvalue weighted by Gasteiger charge is 2.29. The molecule has 1 aliphatic rings. The molecule has 0 heterocycles. The molecule has 1 rings (SSSR count). The Bertz CT molecular complexity index is 341. The lowest BCUT2D eigenvalue weighted by Gasteiger charge is -2.33. The Hall–Kier alpha value is -0.180. The first-order valence-electron chi connectivity index (χ1n) is 6.02. The Labute approximate surface area is 111 Å². The topological polar surface area (TPSA) is 86.7 Å². The van der Waals surface area contributed by atoms with Crippen LogP contribution in [0.2, 0.25) is 0 Å². The molecule has 0 N–H and O–H groups in total. The van der Waals surface area contributed by atoms with E-state index in [0.29, 0.717) is 0 Å². The van der Waals surface area contributed by atoms with Gasteiger partial charge in [-0.15, -0.1) is 0 Å². The van der Waals surface area contributed by atoms with E-state index in [4.69, 9.17) is 8.37 Å². The molecule has 1 saturated carbocycles. The molecule has 2 unspecified atom stereocenters. The zero-order chi connectivity index (χ0) is 13.7. The van der Waals surface area contributed by atoms with Crippen molar-refractivity contribution in [3.8, 4) is 0 Å². The van der Waals surface area contributed by atoms with Gasteiger partial charge in [-0.2, -0.15) is 0 Å². The minimum atomic E-state index is -2.80. The van der Waals surface area contributed by atoms with E-state index in [2.05, 4.69) is 0 Å². The van der Waals surface area contributed by atoms with E-state index in [-0.39, 0.29) is 24.0 Å². The summed E-state index contributed by atoms with van der Waals surface area (Å²) in [6.45, 7) is 3.51. The molecular weight excluding hydrogens is 280 g/mol. The van der Waals surface area contributed by atoms with Crippen molar-refractivity contribution in [3.63, 3.8) is 0 Å². The molecule has 0 bridgehead atoms. The third kappa shape index (κ3) is 5.21. The molecule has 0 amide bonds. The van der Waals surface area contributed by atoms with Crippen molar-refractivity contribution in [2.24, 2.45) is 11.8 Å². The molecular formula is C10H20O6S2. The molecule has 18 heavy (non-hydrogen) atoms. The third-order valence-electron chi connectivity index (χ3n) is 3.65. The lowest BCUT2D eigenvalue weighted by molar-refractivity contribution is 0.0778. The van der Waals surface area contributed by atoms with Crippen LogP contribution in [0.5, 0.6) is 0 Å². The van der Waals surface area contributed by atoms with Crippen LogP contribution in [-0.4, -0.2) is 29.0 Å². The van der Waals surface area contributed by atoms with Crippen LogP contribution in [0.4, 0.5) is 0 Å².